The zero-order valence-electron chi connectivity index (χ0n) is 13.6. The van der Waals surface area contributed by atoms with Crippen LogP contribution in [0.4, 0.5) is 0 Å². The molecule has 0 saturated heterocycles. The van der Waals surface area contributed by atoms with E-state index in [0.29, 0.717) is 11.5 Å². The number of methoxy groups -OCH3 is 2. The fourth-order valence-corrected chi connectivity index (χ4v) is 2.42. The van der Waals surface area contributed by atoms with E-state index >= 15 is 0 Å². The van der Waals surface area contributed by atoms with Crippen LogP contribution in [0.2, 0.25) is 0 Å². The fourth-order valence-electron chi connectivity index (χ4n) is 2.42. The molecule has 0 amide bonds. The van der Waals surface area contributed by atoms with Crippen LogP contribution in [0.3, 0.4) is 0 Å². The largest absolute Gasteiger partial charge is 0.497 e. The number of aromatic nitrogens is 3. The van der Waals surface area contributed by atoms with Crippen LogP contribution in [-0.4, -0.2) is 34.7 Å². The van der Waals surface area contributed by atoms with E-state index < -0.39 is 0 Å². The topological polar surface area (TPSA) is 57.9 Å². The average molecular weight is 313 g/mol. The van der Waals surface area contributed by atoms with Crippen LogP contribution in [0.25, 0.3) is 16.9 Å². The molecule has 0 bridgehead atoms. The molecule has 0 unspecified atom stereocenters. The summed E-state index contributed by atoms with van der Waals surface area (Å²) >= 11 is 0. The molecule has 120 valence electrons. The number of benzene rings is 1. The van der Waals surface area contributed by atoms with Crippen LogP contribution in [0.5, 0.6) is 17.4 Å². The number of hydrogen-bond donors (Lipinski definition) is 0. The van der Waals surface area contributed by atoms with Crippen LogP contribution in [0.15, 0.2) is 36.8 Å². The number of hydrogen-bond acceptors (Lipinski definition) is 5. The monoisotopic (exact) mass is 313 g/mol. The predicted molar refractivity (Wildman–Crippen MR) is 87.3 cm³/mol. The molecule has 0 atom stereocenters. The number of rotatable bonds is 5. The van der Waals surface area contributed by atoms with Crippen LogP contribution in [0, 0.1) is 0 Å². The lowest BCUT2D eigenvalue weighted by Crippen LogP contribution is -2.08. The molecule has 6 nitrogen and oxygen atoms in total. The van der Waals surface area contributed by atoms with Crippen molar-refractivity contribution < 1.29 is 14.2 Å². The Labute approximate surface area is 134 Å². The molecule has 3 aromatic rings. The lowest BCUT2D eigenvalue weighted by Gasteiger charge is -2.12. The summed E-state index contributed by atoms with van der Waals surface area (Å²) < 4.78 is 18.4. The third kappa shape index (κ3) is 2.79. The molecule has 0 spiro atoms. The van der Waals surface area contributed by atoms with Gasteiger partial charge in [0.2, 0.25) is 5.65 Å². The summed E-state index contributed by atoms with van der Waals surface area (Å²) in [6, 6.07) is 5.66. The Morgan fingerprint density at radius 3 is 2.61 bits per heavy atom. The summed E-state index contributed by atoms with van der Waals surface area (Å²) in [6.07, 6.45) is 5.36. The van der Waals surface area contributed by atoms with Crippen molar-refractivity contribution in [3.63, 3.8) is 0 Å². The first kappa shape index (κ1) is 15.1. The molecule has 1 aromatic carbocycles. The maximum Gasteiger partial charge on any atom is 0.258 e. The molecule has 23 heavy (non-hydrogen) atoms. The van der Waals surface area contributed by atoms with E-state index in [-0.39, 0.29) is 6.10 Å². The van der Waals surface area contributed by atoms with E-state index in [0.717, 1.165) is 22.8 Å². The number of ether oxygens (including phenoxy) is 3. The molecule has 2 heterocycles. The molecule has 0 aliphatic heterocycles. The summed E-state index contributed by atoms with van der Waals surface area (Å²) in [5.41, 5.74) is 2.44. The molecule has 0 radical (unpaired) electrons. The second kappa shape index (κ2) is 6.16. The Balaban J connectivity index is 2.18. The summed E-state index contributed by atoms with van der Waals surface area (Å²) in [6.45, 7) is 3.92. The van der Waals surface area contributed by atoms with E-state index in [2.05, 4.69) is 9.97 Å². The van der Waals surface area contributed by atoms with Crippen molar-refractivity contribution in [1.29, 1.82) is 0 Å². The molecule has 0 saturated carbocycles. The summed E-state index contributed by atoms with van der Waals surface area (Å²) in [5.74, 6) is 2.01. The van der Waals surface area contributed by atoms with Gasteiger partial charge in [-0.25, -0.2) is 9.97 Å². The van der Waals surface area contributed by atoms with Gasteiger partial charge in [0.15, 0.2) is 0 Å². The van der Waals surface area contributed by atoms with Crippen LogP contribution in [0.1, 0.15) is 13.8 Å². The first-order valence-electron chi connectivity index (χ1n) is 7.35. The summed E-state index contributed by atoms with van der Waals surface area (Å²) in [5, 5.41) is 0. The maximum absolute atomic E-state index is 5.73. The molecule has 0 fully saturated rings. The Hall–Kier alpha value is -2.76. The first-order chi connectivity index (χ1) is 11.1. The van der Waals surface area contributed by atoms with Gasteiger partial charge in [-0.3, -0.25) is 4.40 Å². The Morgan fingerprint density at radius 2 is 1.91 bits per heavy atom. The molecule has 0 aliphatic carbocycles. The van der Waals surface area contributed by atoms with Gasteiger partial charge in [0.25, 0.3) is 5.88 Å². The lowest BCUT2D eigenvalue weighted by molar-refractivity contribution is 0.234. The molecule has 0 N–H and O–H groups in total. The van der Waals surface area contributed by atoms with Crippen molar-refractivity contribution >= 4 is 5.65 Å². The first-order valence-corrected chi connectivity index (χ1v) is 7.35. The van der Waals surface area contributed by atoms with Crippen molar-refractivity contribution in [2.75, 3.05) is 14.2 Å². The second-order valence-electron chi connectivity index (χ2n) is 5.30. The molecule has 3 rings (SSSR count). The molecule has 2 aromatic heterocycles. The SMILES string of the molecule is COc1ccc(OC)c(-c2cnc3c(OC(C)C)nccn23)c1. The van der Waals surface area contributed by atoms with Crippen molar-refractivity contribution in [3.05, 3.63) is 36.8 Å². The average Bonchev–Trinajstić information content (AvgIpc) is 2.98. The van der Waals surface area contributed by atoms with Crippen molar-refractivity contribution in [1.82, 2.24) is 14.4 Å². The van der Waals surface area contributed by atoms with E-state index in [1.54, 1.807) is 26.6 Å². The van der Waals surface area contributed by atoms with Gasteiger partial charge in [0.05, 0.1) is 32.2 Å². The number of fused-ring (bicyclic) bond motifs is 1. The Morgan fingerprint density at radius 1 is 1.09 bits per heavy atom. The molecular weight excluding hydrogens is 294 g/mol. The molecule has 6 heteroatoms. The quantitative estimate of drug-likeness (QED) is 0.724. The van der Waals surface area contributed by atoms with Gasteiger partial charge in [-0.15, -0.1) is 0 Å². The maximum atomic E-state index is 5.73. The van der Waals surface area contributed by atoms with Gasteiger partial charge >= 0.3 is 0 Å². The fraction of sp³-hybridized carbons (Fsp3) is 0.294. The smallest absolute Gasteiger partial charge is 0.258 e. The highest BCUT2D eigenvalue weighted by Crippen LogP contribution is 2.34. The van der Waals surface area contributed by atoms with Crippen molar-refractivity contribution in [2.24, 2.45) is 0 Å². The third-order valence-corrected chi connectivity index (χ3v) is 3.43. The predicted octanol–water partition coefficient (Wildman–Crippen LogP) is 3.20. The van der Waals surface area contributed by atoms with Gasteiger partial charge in [0, 0.05) is 18.0 Å². The molecule has 0 aliphatic rings. The van der Waals surface area contributed by atoms with Crippen LogP contribution >= 0.6 is 0 Å². The lowest BCUT2D eigenvalue weighted by atomic mass is 10.1. The van der Waals surface area contributed by atoms with E-state index in [9.17, 15) is 0 Å². The van der Waals surface area contributed by atoms with Crippen LogP contribution < -0.4 is 14.2 Å². The Kier molecular flexibility index (Phi) is 4.06. The van der Waals surface area contributed by atoms with Gasteiger partial charge in [-0.2, -0.15) is 0 Å². The number of nitrogens with zero attached hydrogens (tertiary/aromatic N) is 3. The normalized spacial score (nSPS) is 11.0. The van der Waals surface area contributed by atoms with E-state index in [4.69, 9.17) is 14.2 Å². The Bertz CT molecular complexity index is 827. The zero-order chi connectivity index (χ0) is 16.4. The highest BCUT2D eigenvalue weighted by atomic mass is 16.5. The van der Waals surface area contributed by atoms with Crippen LogP contribution in [-0.2, 0) is 0 Å². The number of imidazole rings is 1. The summed E-state index contributed by atoms with van der Waals surface area (Å²) in [7, 11) is 3.28. The highest BCUT2D eigenvalue weighted by molar-refractivity contribution is 5.72. The minimum atomic E-state index is 0.0280. The van der Waals surface area contributed by atoms with Gasteiger partial charge in [-0.05, 0) is 32.0 Å². The minimum Gasteiger partial charge on any atom is -0.497 e. The molecular formula is C17H19N3O3. The standard InChI is InChI=1S/C17H19N3O3/c1-11(2)23-17-16-19-10-14(20(16)8-7-18-17)13-9-12(21-3)5-6-15(13)22-4/h5-11H,1-4H3. The van der Waals surface area contributed by atoms with E-state index in [1.165, 1.54) is 0 Å². The highest BCUT2D eigenvalue weighted by Gasteiger charge is 2.15. The third-order valence-electron chi connectivity index (χ3n) is 3.43. The minimum absolute atomic E-state index is 0.0280. The van der Waals surface area contributed by atoms with E-state index in [1.807, 2.05) is 42.6 Å². The van der Waals surface area contributed by atoms with Gasteiger partial charge in [0.1, 0.15) is 11.5 Å². The van der Waals surface area contributed by atoms with Crippen molar-refractivity contribution in [3.8, 4) is 28.6 Å². The van der Waals surface area contributed by atoms with Gasteiger partial charge < -0.3 is 14.2 Å². The zero-order valence-corrected chi connectivity index (χ0v) is 13.6. The summed E-state index contributed by atoms with van der Waals surface area (Å²) in [4.78, 5) is 8.73. The second-order valence-corrected chi connectivity index (χ2v) is 5.30. The van der Waals surface area contributed by atoms with Crippen molar-refractivity contribution in [2.45, 2.75) is 20.0 Å². The van der Waals surface area contributed by atoms with Gasteiger partial charge in [-0.1, -0.05) is 0 Å².